The number of nitrogens with one attached hydrogen (secondary N) is 1. The smallest absolute Gasteiger partial charge is 0.297 e. The van der Waals surface area contributed by atoms with E-state index in [0.717, 1.165) is 33.7 Å². The van der Waals surface area contributed by atoms with Crippen LogP contribution in [0.15, 0.2) is 22.6 Å². The van der Waals surface area contributed by atoms with Gasteiger partial charge in [0.25, 0.3) is 6.01 Å². The molecular formula is C17H23N5O2. The summed E-state index contributed by atoms with van der Waals surface area (Å²) >= 11 is 0. The minimum absolute atomic E-state index is 0.0885. The van der Waals surface area contributed by atoms with Crippen molar-refractivity contribution >= 4 is 22.8 Å². The topological polar surface area (TPSA) is 79.3 Å². The number of anilines is 2. The lowest BCUT2D eigenvalue weighted by Crippen LogP contribution is -2.08. The third kappa shape index (κ3) is 3.07. The second-order valence-electron chi connectivity index (χ2n) is 6.02. The molecular weight excluding hydrogens is 306 g/mol. The predicted molar refractivity (Wildman–Crippen MR) is 94.4 cm³/mol. The summed E-state index contributed by atoms with van der Waals surface area (Å²) in [4.78, 5) is 6.26. The molecule has 0 spiro atoms. The number of aliphatic hydroxyl groups is 1. The number of nitrogens with zero attached hydrogens (tertiary/aromatic N) is 4. The molecule has 24 heavy (non-hydrogen) atoms. The second-order valence-corrected chi connectivity index (χ2v) is 6.02. The van der Waals surface area contributed by atoms with Gasteiger partial charge >= 0.3 is 0 Å². The van der Waals surface area contributed by atoms with Gasteiger partial charge in [0.1, 0.15) is 5.52 Å². The number of fused-ring (bicyclic) bond motifs is 1. The van der Waals surface area contributed by atoms with E-state index in [9.17, 15) is 0 Å². The minimum Gasteiger partial charge on any atom is -0.423 e. The Morgan fingerprint density at radius 2 is 2.08 bits per heavy atom. The van der Waals surface area contributed by atoms with E-state index in [1.807, 2.05) is 55.7 Å². The monoisotopic (exact) mass is 329 g/mol. The molecule has 3 aromatic rings. The molecule has 0 amide bonds. The molecule has 128 valence electrons. The third-order valence-electron chi connectivity index (χ3n) is 4.07. The molecule has 0 saturated carbocycles. The predicted octanol–water partition coefficient (Wildman–Crippen LogP) is 2.31. The number of benzene rings is 1. The van der Waals surface area contributed by atoms with E-state index in [1.165, 1.54) is 0 Å². The van der Waals surface area contributed by atoms with Crippen LogP contribution >= 0.6 is 0 Å². The van der Waals surface area contributed by atoms with Gasteiger partial charge in [-0.2, -0.15) is 10.1 Å². The summed E-state index contributed by atoms with van der Waals surface area (Å²) in [6, 6.07) is 6.49. The molecule has 1 aromatic carbocycles. The van der Waals surface area contributed by atoms with Crippen LogP contribution in [-0.2, 0) is 13.1 Å². The highest BCUT2D eigenvalue weighted by Crippen LogP contribution is 2.24. The third-order valence-corrected chi connectivity index (χ3v) is 4.07. The number of hydrogen-bond acceptors (Lipinski definition) is 6. The molecule has 0 aliphatic carbocycles. The van der Waals surface area contributed by atoms with E-state index in [-0.39, 0.29) is 6.61 Å². The Bertz CT molecular complexity index is 850. The number of oxazole rings is 1. The van der Waals surface area contributed by atoms with Crippen LogP contribution in [0.4, 0.5) is 11.7 Å². The summed E-state index contributed by atoms with van der Waals surface area (Å²) in [5.41, 5.74) is 5.77. The Kier molecular flexibility index (Phi) is 4.44. The van der Waals surface area contributed by atoms with Crippen LogP contribution in [0.3, 0.4) is 0 Å². The first kappa shape index (κ1) is 16.3. The van der Waals surface area contributed by atoms with Crippen molar-refractivity contribution in [3.63, 3.8) is 0 Å². The highest BCUT2D eigenvalue weighted by Gasteiger charge is 2.12. The fraction of sp³-hybridized carbons (Fsp3) is 0.412. The number of aromatic nitrogens is 3. The van der Waals surface area contributed by atoms with Crippen molar-refractivity contribution < 1.29 is 9.52 Å². The molecule has 0 unspecified atom stereocenters. The van der Waals surface area contributed by atoms with Crippen LogP contribution in [0, 0.1) is 13.8 Å². The summed E-state index contributed by atoms with van der Waals surface area (Å²) in [6.45, 7) is 5.29. The molecule has 0 saturated heterocycles. The van der Waals surface area contributed by atoms with Crippen LogP contribution in [-0.4, -0.2) is 40.6 Å². The first-order valence-corrected chi connectivity index (χ1v) is 7.95. The van der Waals surface area contributed by atoms with Gasteiger partial charge in [-0.05, 0) is 26.0 Å². The van der Waals surface area contributed by atoms with Gasteiger partial charge < -0.3 is 19.7 Å². The molecule has 0 fully saturated rings. The average Bonchev–Trinajstić information content (AvgIpc) is 3.08. The fourth-order valence-corrected chi connectivity index (χ4v) is 2.71. The summed E-state index contributed by atoms with van der Waals surface area (Å²) in [5.74, 6) is 0. The van der Waals surface area contributed by atoms with Gasteiger partial charge in [-0.25, -0.2) is 0 Å². The van der Waals surface area contributed by atoms with Gasteiger partial charge in [0, 0.05) is 43.7 Å². The number of hydrogen-bond donors (Lipinski definition) is 2. The van der Waals surface area contributed by atoms with Gasteiger partial charge in [-0.15, -0.1) is 0 Å². The Hall–Kier alpha value is -2.54. The summed E-state index contributed by atoms with van der Waals surface area (Å²) in [7, 11) is 3.80. The first-order chi connectivity index (χ1) is 11.5. The van der Waals surface area contributed by atoms with E-state index in [0.29, 0.717) is 19.1 Å². The molecule has 7 heteroatoms. The first-order valence-electron chi connectivity index (χ1n) is 7.95. The lowest BCUT2D eigenvalue weighted by atomic mass is 10.2. The van der Waals surface area contributed by atoms with E-state index in [1.54, 1.807) is 0 Å². The molecule has 7 nitrogen and oxygen atoms in total. The van der Waals surface area contributed by atoms with Crippen molar-refractivity contribution in [3.8, 4) is 0 Å². The van der Waals surface area contributed by atoms with Crippen molar-refractivity contribution in [1.29, 1.82) is 0 Å². The minimum atomic E-state index is 0.0885. The molecule has 0 atom stereocenters. The standard InChI is InChI=1S/C17H23N5O2/c1-11-14(12(2)22(20-11)7-8-23)10-18-13-5-6-15-16(9-13)24-17(19-15)21(3)4/h5-6,9,18,23H,7-8,10H2,1-4H3. The zero-order chi connectivity index (χ0) is 17.3. The number of aryl methyl sites for hydroxylation is 1. The average molecular weight is 329 g/mol. The van der Waals surface area contributed by atoms with Gasteiger partial charge in [-0.3, -0.25) is 4.68 Å². The van der Waals surface area contributed by atoms with E-state index in [4.69, 9.17) is 9.52 Å². The quantitative estimate of drug-likeness (QED) is 0.722. The Morgan fingerprint density at radius 3 is 2.79 bits per heavy atom. The largest absolute Gasteiger partial charge is 0.423 e. The maximum atomic E-state index is 9.10. The second kappa shape index (κ2) is 6.52. The van der Waals surface area contributed by atoms with Crippen molar-refractivity contribution in [2.24, 2.45) is 0 Å². The zero-order valence-corrected chi connectivity index (χ0v) is 14.5. The van der Waals surface area contributed by atoms with Crippen LogP contribution in [0.2, 0.25) is 0 Å². The number of aliphatic hydroxyl groups excluding tert-OH is 1. The Balaban J connectivity index is 1.78. The van der Waals surface area contributed by atoms with Gasteiger partial charge in [-0.1, -0.05) is 0 Å². The molecule has 2 N–H and O–H groups in total. The SMILES string of the molecule is Cc1nn(CCO)c(C)c1CNc1ccc2nc(N(C)C)oc2c1. The van der Waals surface area contributed by atoms with Crippen molar-refractivity contribution in [1.82, 2.24) is 14.8 Å². The normalized spacial score (nSPS) is 11.2. The molecule has 2 heterocycles. The lowest BCUT2D eigenvalue weighted by Gasteiger charge is -2.07. The van der Waals surface area contributed by atoms with Crippen molar-refractivity contribution in [3.05, 3.63) is 35.2 Å². The molecule has 3 rings (SSSR count). The van der Waals surface area contributed by atoms with Gasteiger partial charge in [0.2, 0.25) is 0 Å². The molecule has 0 aliphatic rings. The van der Waals surface area contributed by atoms with Crippen LogP contribution in [0.5, 0.6) is 0 Å². The molecule has 0 bridgehead atoms. The molecule has 0 aliphatic heterocycles. The van der Waals surface area contributed by atoms with Gasteiger partial charge in [0.15, 0.2) is 5.58 Å². The molecule has 2 aromatic heterocycles. The van der Waals surface area contributed by atoms with Crippen LogP contribution < -0.4 is 10.2 Å². The Morgan fingerprint density at radius 1 is 1.29 bits per heavy atom. The zero-order valence-electron chi connectivity index (χ0n) is 14.5. The fourth-order valence-electron chi connectivity index (χ4n) is 2.71. The number of rotatable bonds is 6. The highest BCUT2D eigenvalue weighted by atomic mass is 16.4. The lowest BCUT2D eigenvalue weighted by molar-refractivity contribution is 0.268. The van der Waals surface area contributed by atoms with Gasteiger partial charge in [0.05, 0.1) is 18.8 Å². The van der Waals surface area contributed by atoms with E-state index >= 15 is 0 Å². The highest BCUT2D eigenvalue weighted by molar-refractivity contribution is 5.78. The van der Waals surface area contributed by atoms with Crippen molar-refractivity contribution in [2.75, 3.05) is 30.9 Å². The molecule has 0 radical (unpaired) electrons. The van der Waals surface area contributed by atoms with E-state index < -0.39 is 0 Å². The Labute approximate surface area is 140 Å². The summed E-state index contributed by atoms with van der Waals surface area (Å²) in [5, 5.41) is 17.0. The summed E-state index contributed by atoms with van der Waals surface area (Å²) in [6.07, 6.45) is 0. The summed E-state index contributed by atoms with van der Waals surface area (Å²) < 4.78 is 7.58. The van der Waals surface area contributed by atoms with Crippen LogP contribution in [0.1, 0.15) is 17.0 Å². The maximum Gasteiger partial charge on any atom is 0.297 e. The van der Waals surface area contributed by atoms with Crippen molar-refractivity contribution in [2.45, 2.75) is 26.9 Å². The van der Waals surface area contributed by atoms with Crippen LogP contribution in [0.25, 0.3) is 11.1 Å². The van der Waals surface area contributed by atoms with E-state index in [2.05, 4.69) is 15.4 Å². The maximum absolute atomic E-state index is 9.10.